The van der Waals surface area contributed by atoms with Gasteiger partial charge in [-0.15, -0.1) is 16.4 Å². The van der Waals surface area contributed by atoms with Crippen LogP contribution in [0.4, 0.5) is 0 Å². The Labute approximate surface area is 204 Å². The van der Waals surface area contributed by atoms with Crippen LogP contribution in [0.5, 0.6) is 0 Å². The van der Waals surface area contributed by atoms with Crippen LogP contribution < -0.4 is 10.1 Å². The van der Waals surface area contributed by atoms with Crippen molar-refractivity contribution in [3.63, 3.8) is 0 Å². The summed E-state index contributed by atoms with van der Waals surface area (Å²) >= 11 is 6.37. The lowest BCUT2D eigenvalue weighted by atomic mass is 10.2. The van der Waals surface area contributed by atoms with Gasteiger partial charge < -0.3 is 0 Å². The molecule has 0 bridgehead atoms. The van der Waals surface area contributed by atoms with E-state index in [1.165, 1.54) is 15.9 Å². The van der Waals surface area contributed by atoms with Gasteiger partial charge in [0.25, 0.3) is 5.56 Å². The summed E-state index contributed by atoms with van der Waals surface area (Å²) in [6, 6.07) is 21.7. The molecular weight excluding hydrogens is 518 g/mol. The molecule has 0 N–H and O–H groups in total. The van der Waals surface area contributed by atoms with E-state index in [4.69, 9.17) is 5.10 Å². The number of benzene rings is 2. The lowest BCUT2D eigenvalue weighted by molar-refractivity contribution is 0.885. The Balaban J connectivity index is 1.47. The molecule has 0 aliphatic heterocycles. The Bertz CT molecular complexity index is 1680. The fourth-order valence-corrected chi connectivity index (χ4v) is 5.40. The largest absolute Gasteiger partial charge is 0.291 e. The molecule has 160 valence electrons. The Morgan fingerprint density at radius 3 is 2.48 bits per heavy atom. The van der Waals surface area contributed by atoms with Gasteiger partial charge in [-0.3, -0.25) is 4.79 Å². The molecule has 6 aromatic rings. The third kappa shape index (κ3) is 3.74. The minimum atomic E-state index is -0.185. The molecule has 6 nitrogen and oxygen atoms in total. The number of nitrogens with zero attached hydrogens (tertiary/aromatic N) is 5. The Morgan fingerprint density at radius 2 is 1.76 bits per heavy atom. The summed E-state index contributed by atoms with van der Waals surface area (Å²) in [4.78, 5) is 19.3. The zero-order chi connectivity index (χ0) is 22.4. The molecule has 0 aliphatic rings. The van der Waals surface area contributed by atoms with E-state index in [-0.39, 0.29) is 5.56 Å². The van der Waals surface area contributed by atoms with Crippen LogP contribution >= 0.6 is 38.6 Å². The minimum absolute atomic E-state index is 0.185. The summed E-state index contributed by atoms with van der Waals surface area (Å²) < 4.78 is 4.76. The standard InChI is InChI=1S/C24H14BrN5OS2/c25-17-10-8-15(9-11-17)22-26-24-30(28-22)23(31)20(33-24)13-16-14-29(18-5-2-1-3-6-18)27-21(16)19-7-4-12-32-19/h1-14H/b20-13-. The highest BCUT2D eigenvalue weighted by atomic mass is 79.9. The highest BCUT2D eigenvalue weighted by Gasteiger charge is 2.15. The van der Waals surface area contributed by atoms with Crippen molar-refractivity contribution in [1.82, 2.24) is 24.4 Å². The predicted molar refractivity (Wildman–Crippen MR) is 136 cm³/mol. The number of para-hydroxylation sites is 1. The fourth-order valence-electron chi connectivity index (χ4n) is 3.51. The molecular formula is C24H14BrN5OS2. The SMILES string of the molecule is O=c1/c(=C/c2cn(-c3ccccc3)nc2-c2cccs2)sc2nc(-c3ccc(Br)cc3)nn12. The lowest BCUT2D eigenvalue weighted by Crippen LogP contribution is -2.23. The zero-order valence-electron chi connectivity index (χ0n) is 16.9. The van der Waals surface area contributed by atoms with Crippen LogP contribution in [0, 0.1) is 0 Å². The molecule has 9 heteroatoms. The van der Waals surface area contributed by atoms with Gasteiger partial charge in [-0.1, -0.05) is 63.7 Å². The number of fused-ring (bicyclic) bond motifs is 1. The van der Waals surface area contributed by atoms with Crippen molar-refractivity contribution in [2.45, 2.75) is 0 Å². The highest BCUT2D eigenvalue weighted by molar-refractivity contribution is 9.10. The first-order valence-electron chi connectivity index (χ1n) is 10.0. The maximum Gasteiger partial charge on any atom is 0.291 e. The third-order valence-electron chi connectivity index (χ3n) is 5.09. The predicted octanol–water partition coefficient (Wildman–Crippen LogP) is 5.04. The first kappa shape index (κ1) is 20.2. The molecule has 0 amide bonds. The summed E-state index contributed by atoms with van der Waals surface area (Å²) in [6.07, 6.45) is 3.83. The molecule has 0 atom stereocenters. The molecule has 0 unspecified atom stereocenters. The molecule has 2 aromatic carbocycles. The Hall–Kier alpha value is -3.40. The van der Waals surface area contributed by atoms with Crippen LogP contribution in [-0.2, 0) is 0 Å². The summed E-state index contributed by atoms with van der Waals surface area (Å²) in [5, 5.41) is 11.3. The topological polar surface area (TPSA) is 65.1 Å². The Morgan fingerprint density at radius 1 is 0.939 bits per heavy atom. The molecule has 33 heavy (non-hydrogen) atoms. The van der Waals surface area contributed by atoms with Gasteiger partial charge in [0.1, 0.15) is 5.69 Å². The smallest absolute Gasteiger partial charge is 0.266 e. The van der Waals surface area contributed by atoms with Crippen molar-refractivity contribution < 1.29 is 0 Å². The second-order valence-electron chi connectivity index (χ2n) is 7.24. The van der Waals surface area contributed by atoms with Crippen molar-refractivity contribution in [1.29, 1.82) is 0 Å². The first-order valence-corrected chi connectivity index (χ1v) is 12.5. The summed E-state index contributed by atoms with van der Waals surface area (Å²) in [5.74, 6) is 0.536. The minimum Gasteiger partial charge on any atom is -0.266 e. The maximum absolute atomic E-state index is 13.1. The van der Waals surface area contributed by atoms with E-state index >= 15 is 0 Å². The number of aromatic nitrogens is 5. The number of thiophene rings is 1. The maximum atomic E-state index is 13.1. The lowest BCUT2D eigenvalue weighted by Gasteiger charge is -1.99. The van der Waals surface area contributed by atoms with Crippen LogP contribution in [0.15, 0.2) is 87.6 Å². The van der Waals surface area contributed by atoms with Crippen LogP contribution in [0.25, 0.3) is 38.7 Å². The monoisotopic (exact) mass is 531 g/mol. The molecule has 0 spiro atoms. The van der Waals surface area contributed by atoms with E-state index in [1.807, 2.05) is 89.1 Å². The number of hydrogen-bond acceptors (Lipinski definition) is 6. The second-order valence-corrected chi connectivity index (χ2v) is 10.1. The van der Waals surface area contributed by atoms with Gasteiger partial charge in [-0.2, -0.15) is 14.6 Å². The van der Waals surface area contributed by atoms with E-state index < -0.39 is 0 Å². The molecule has 0 fully saturated rings. The number of hydrogen-bond donors (Lipinski definition) is 0. The van der Waals surface area contributed by atoms with E-state index in [0.29, 0.717) is 15.3 Å². The molecule has 6 rings (SSSR count). The molecule has 0 saturated heterocycles. The second kappa shape index (κ2) is 8.18. The van der Waals surface area contributed by atoms with Crippen LogP contribution in [-0.4, -0.2) is 24.4 Å². The van der Waals surface area contributed by atoms with Crippen molar-refractivity contribution in [2.24, 2.45) is 0 Å². The van der Waals surface area contributed by atoms with Crippen LogP contribution in [0.2, 0.25) is 0 Å². The van der Waals surface area contributed by atoms with Crippen molar-refractivity contribution >= 4 is 49.6 Å². The molecule has 4 heterocycles. The summed E-state index contributed by atoms with van der Waals surface area (Å²) in [5.41, 5.74) is 3.34. The van der Waals surface area contributed by atoms with Crippen LogP contribution in [0.3, 0.4) is 0 Å². The number of halogens is 1. The fraction of sp³-hybridized carbons (Fsp3) is 0. The van der Waals surface area contributed by atoms with Crippen LogP contribution in [0.1, 0.15) is 5.56 Å². The zero-order valence-corrected chi connectivity index (χ0v) is 20.1. The molecule has 0 saturated carbocycles. The van der Waals surface area contributed by atoms with Gasteiger partial charge in [0.2, 0.25) is 4.96 Å². The molecule has 0 aliphatic carbocycles. The highest BCUT2D eigenvalue weighted by Crippen LogP contribution is 2.28. The van der Waals surface area contributed by atoms with Crippen molar-refractivity contribution in [3.05, 3.63) is 103 Å². The van der Waals surface area contributed by atoms with Gasteiger partial charge in [-0.25, -0.2) is 4.68 Å². The average Bonchev–Trinajstić information content (AvgIpc) is 3.62. The average molecular weight is 532 g/mol. The van der Waals surface area contributed by atoms with Gasteiger partial charge in [0, 0.05) is 21.8 Å². The van der Waals surface area contributed by atoms with Crippen molar-refractivity contribution in [3.8, 4) is 27.6 Å². The number of rotatable bonds is 4. The van der Waals surface area contributed by atoms with Gasteiger partial charge in [-0.05, 0) is 41.8 Å². The van der Waals surface area contributed by atoms with Gasteiger partial charge in [0.15, 0.2) is 5.82 Å². The third-order valence-corrected chi connectivity index (χ3v) is 7.45. The quantitative estimate of drug-likeness (QED) is 0.319. The normalized spacial score (nSPS) is 12.1. The van der Waals surface area contributed by atoms with Gasteiger partial charge >= 0.3 is 0 Å². The van der Waals surface area contributed by atoms with E-state index in [1.54, 1.807) is 11.3 Å². The molecule has 0 radical (unpaired) electrons. The first-order chi connectivity index (χ1) is 16.2. The number of thiazole rings is 1. The Kier molecular flexibility index (Phi) is 5.01. The molecule has 4 aromatic heterocycles. The summed E-state index contributed by atoms with van der Waals surface area (Å²) in [6.45, 7) is 0. The van der Waals surface area contributed by atoms with E-state index in [9.17, 15) is 4.79 Å². The summed E-state index contributed by atoms with van der Waals surface area (Å²) in [7, 11) is 0. The van der Waals surface area contributed by atoms with Crippen molar-refractivity contribution in [2.75, 3.05) is 0 Å². The van der Waals surface area contributed by atoms with E-state index in [0.717, 1.165) is 31.9 Å². The van der Waals surface area contributed by atoms with E-state index in [2.05, 4.69) is 26.0 Å². The van der Waals surface area contributed by atoms with Gasteiger partial charge in [0.05, 0.1) is 15.1 Å².